The standard InChI is InChI=1S/C25H36N2O5S/c1-19-5-7-21(8-6-19)32-18-23-22-10-14-33-24(22)9-12-27(23)25(29)16-26(11-4-13-30-2)15-20(28)17-31-3/h5-8,10,14,20,23,28H,4,9,11-13,15-18H2,1-3H3/t20-,23-/m1/s1. The van der Waals surface area contributed by atoms with Crippen molar-refractivity contribution in [1.82, 2.24) is 9.80 Å². The van der Waals surface area contributed by atoms with Crippen LogP contribution in [0.4, 0.5) is 0 Å². The molecule has 0 saturated carbocycles. The number of aryl methyl sites for hydroxylation is 1. The normalized spacial score (nSPS) is 16.6. The van der Waals surface area contributed by atoms with Gasteiger partial charge in [-0.1, -0.05) is 17.7 Å². The molecule has 0 saturated heterocycles. The van der Waals surface area contributed by atoms with Crippen molar-refractivity contribution in [2.75, 3.05) is 60.2 Å². The third-order valence-electron chi connectivity index (χ3n) is 5.85. The number of thiophene rings is 1. The van der Waals surface area contributed by atoms with Crippen LogP contribution >= 0.6 is 11.3 Å². The lowest BCUT2D eigenvalue weighted by Crippen LogP contribution is -2.48. The van der Waals surface area contributed by atoms with Crippen LogP contribution in [0.5, 0.6) is 5.75 Å². The van der Waals surface area contributed by atoms with Crippen LogP contribution in [0.2, 0.25) is 0 Å². The summed E-state index contributed by atoms with van der Waals surface area (Å²) in [6.07, 6.45) is 1.00. The van der Waals surface area contributed by atoms with Gasteiger partial charge in [0.2, 0.25) is 5.91 Å². The minimum atomic E-state index is -0.643. The smallest absolute Gasteiger partial charge is 0.237 e. The lowest BCUT2D eigenvalue weighted by Gasteiger charge is -2.37. The summed E-state index contributed by atoms with van der Waals surface area (Å²) in [5, 5.41) is 12.3. The SMILES string of the molecule is COCCCN(CC(=O)N1CCc2sccc2[C@H]1COc1ccc(C)cc1)C[C@@H](O)COC. The number of carbonyl (C=O) groups excluding carboxylic acids is 1. The molecule has 0 spiro atoms. The number of aliphatic hydroxyl groups is 1. The van der Waals surface area contributed by atoms with Gasteiger partial charge < -0.3 is 24.2 Å². The molecule has 0 radical (unpaired) electrons. The minimum absolute atomic E-state index is 0.0476. The quantitative estimate of drug-likeness (QED) is 0.448. The number of nitrogens with zero attached hydrogens (tertiary/aromatic N) is 2. The number of amides is 1. The summed E-state index contributed by atoms with van der Waals surface area (Å²) >= 11 is 1.74. The largest absolute Gasteiger partial charge is 0.491 e. The Hall–Kier alpha value is -1.97. The van der Waals surface area contributed by atoms with Gasteiger partial charge in [0.1, 0.15) is 12.4 Å². The number of rotatable bonds is 13. The first-order valence-corrected chi connectivity index (χ1v) is 12.3. The molecule has 7 nitrogen and oxygen atoms in total. The van der Waals surface area contributed by atoms with E-state index in [1.807, 2.05) is 41.0 Å². The fraction of sp³-hybridized carbons (Fsp3) is 0.560. The molecule has 0 fully saturated rings. The number of ether oxygens (including phenoxy) is 3. The summed E-state index contributed by atoms with van der Waals surface area (Å²) in [5.41, 5.74) is 2.36. The van der Waals surface area contributed by atoms with E-state index in [0.717, 1.165) is 18.6 Å². The van der Waals surface area contributed by atoms with Crippen LogP contribution in [0.15, 0.2) is 35.7 Å². The predicted molar refractivity (Wildman–Crippen MR) is 130 cm³/mol. The van der Waals surface area contributed by atoms with Crippen molar-refractivity contribution >= 4 is 17.2 Å². The summed E-state index contributed by atoms with van der Waals surface area (Å²) in [4.78, 5) is 18.7. The van der Waals surface area contributed by atoms with Gasteiger partial charge in [0, 0.05) is 45.3 Å². The number of methoxy groups -OCH3 is 2. The molecule has 2 atom stereocenters. The van der Waals surface area contributed by atoms with E-state index in [9.17, 15) is 9.90 Å². The van der Waals surface area contributed by atoms with Crippen molar-refractivity contribution in [2.24, 2.45) is 0 Å². The number of carbonyl (C=O) groups is 1. The molecule has 8 heteroatoms. The minimum Gasteiger partial charge on any atom is -0.491 e. The van der Waals surface area contributed by atoms with Gasteiger partial charge in [-0.05, 0) is 48.9 Å². The fourth-order valence-corrected chi connectivity index (χ4v) is 5.11. The second-order valence-electron chi connectivity index (χ2n) is 8.47. The highest BCUT2D eigenvalue weighted by Crippen LogP contribution is 2.34. The van der Waals surface area contributed by atoms with Gasteiger partial charge in [-0.2, -0.15) is 0 Å². The average molecular weight is 477 g/mol. The van der Waals surface area contributed by atoms with Gasteiger partial charge in [0.15, 0.2) is 0 Å². The fourth-order valence-electron chi connectivity index (χ4n) is 4.18. The molecule has 1 N–H and O–H groups in total. The number of aliphatic hydroxyl groups excluding tert-OH is 1. The van der Waals surface area contributed by atoms with E-state index in [1.165, 1.54) is 16.0 Å². The molecular formula is C25H36N2O5S. The Balaban J connectivity index is 1.69. The zero-order chi connectivity index (χ0) is 23.6. The molecule has 2 aromatic rings. The van der Waals surface area contributed by atoms with Crippen LogP contribution in [0.25, 0.3) is 0 Å². The summed E-state index contributed by atoms with van der Waals surface area (Å²) in [6.45, 7) is 5.27. The highest BCUT2D eigenvalue weighted by Gasteiger charge is 2.33. The van der Waals surface area contributed by atoms with E-state index in [2.05, 4.69) is 11.4 Å². The van der Waals surface area contributed by atoms with E-state index < -0.39 is 6.10 Å². The number of fused-ring (bicyclic) bond motifs is 1. The van der Waals surface area contributed by atoms with Crippen LogP contribution < -0.4 is 4.74 Å². The van der Waals surface area contributed by atoms with E-state index >= 15 is 0 Å². The van der Waals surface area contributed by atoms with Gasteiger partial charge in [-0.3, -0.25) is 9.69 Å². The van der Waals surface area contributed by atoms with Crippen LogP contribution in [0.1, 0.15) is 28.5 Å². The Morgan fingerprint density at radius 3 is 2.76 bits per heavy atom. The van der Waals surface area contributed by atoms with Crippen LogP contribution in [0, 0.1) is 6.92 Å². The summed E-state index contributed by atoms with van der Waals surface area (Å²) in [6, 6.07) is 9.97. The first kappa shape index (κ1) is 25.6. The Labute approximate surface area is 200 Å². The second kappa shape index (κ2) is 13.1. The first-order valence-electron chi connectivity index (χ1n) is 11.4. The molecule has 1 aliphatic heterocycles. The Morgan fingerprint density at radius 2 is 2.03 bits per heavy atom. The summed E-state index contributed by atoms with van der Waals surface area (Å²) in [5.74, 6) is 0.852. The number of hydrogen-bond acceptors (Lipinski definition) is 7. The lowest BCUT2D eigenvalue weighted by molar-refractivity contribution is -0.136. The number of hydrogen-bond donors (Lipinski definition) is 1. The Morgan fingerprint density at radius 1 is 1.24 bits per heavy atom. The molecule has 2 heterocycles. The molecule has 1 aromatic heterocycles. The van der Waals surface area contributed by atoms with Gasteiger partial charge in [-0.15, -0.1) is 11.3 Å². The molecular weight excluding hydrogens is 440 g/mol. The molecule has 1 aromatic carbocycles. The van der Waals surface area contributed by atoms with Crippen molar-refractivity contribution in [3.05, 3.63) is 51.7 Å². The van der Waals surface area contributed by atoms with E-state index in [4.69, 9.17) is 14.2 Å². The van der Waals surface area contributed by atoms with Crippen LogP contribution in [-0.4, -0.2) is 87.1 Å². The molecule has 1 aliphatic rings. The molecule has 0 bridgehead atoms. The van der Waals surface area contributed by atoms with E-state index in [0.29, 0.717) is 32.8 Å². The molecule has 182 valence electrons. The zero-order valence-corrected chi connectivity index (χ0v) is 20.7. The van der Waals surface area contributed by atoms with Crippen molar-refractivity contribution in [3.63, 3.8) is 0 Å². The first-order chi connectivity index (χ1) is 16.0. The molecule has 0 aliphatic carbocycles. The molecule has 3 rings (SSSR count). The van der Waals surface area contributed by atoms with Gasteiger partial charge in [0.25, 0.3) is 0 Å². The summed E-state index contributed by atoms with van der Waals surface area (Å²) in [7, 11) is 3.23. The van der Waals surface area contributed by atoms with Crippen molar-refractivity contribution < 1.29 is 24.1 Å². The van der Waals surface area contributed by atoms with Crippen molar-refractivity contribution in [1.29, 1.82) is 0 Å². The molecule has 33 heavy (non-hydrogen) atoms. The maximum absolute atomic E-state index is 13.5. The maximum Gasteiger partial charge on any atom is 0.237 e. The van der Waals surface area contributed by atoms with Gasteiger partial charge in [-0.25, -0.2) is 0 Å². The third-order valence-corrected chi connectivity index (χ3v) is 6.85. The van der Waals surface area contributed by atoms with Crippen molar-refractivity contribution in [3.8, 4) is 5.75 Å². The topological polar surface area (TPSA) is 71.5 Å². The monoisotopic (exact) mass is 476 g/mol. The lowest BCUT2D eigenvalue weighted by atomic mass is 10.0. The maximum atomic E-state index is 13.5. The summed E-state index contributed by atoms with van der Waals surface area (Å²) < 4.78 is 16.4. The highest BCUT2D eigenvalue weighted by atomic mass is 32.1. The number of benzene rings is 1. The third kappa shape index (κ3) is 7.52. The molecule has 0 unspecified atom stereocenters. The van der Waals surface area contributed by atoms with Crippen LogP contribution in [-0.2, 0) is 20.7 Å². The Bertz CT molecular complexity index is 857. The highest BCUT2D eigenvalue weighted by molar-refractivity contribution is 7.10. The van der Waals surface area contributed by atoms with E-state index in [1.54, 1.807) is 25.6 Å². The molecule has 1 amide bonds. The average Bonchev–Trinajstić information content (AvgIpc) is 3.28. The Kier molecular flexibility index (Phi) is 10.1. The van der Waals surface area contributed by atoms with Crippen LogP contribution in [0.3, 0.4) is 0 Å². The van der Waals surface area contributed by atoms with Gasteiger partial charge >= 0.3 is 0 Å². The second-order valence-corrected chi connectivity index (χ2v) is 9.47. The van der Waals surface area contributed by atoms with Gasteiger partial charge in [0.05, 0.1) is 25.3 Å². The predicted octanol–water partition coefficient (Wildman–Crippen LogP) is 2.91. The van der Waals surface area contributed by atoms with Crippen molar-refractivity contribution in [2.45, 2.75) is 31.9 Å². The van der Waals surface area contributed by atoms with E-state index in [-0.39, 0.29) is 25.1 Å². The zero-order valence-electron chi connectivity index (χ0n) is 19.9.